The molecule has 4 heteroatoms. The zero-order chi connectivity index (χ0) is 13.1. The molecule has 0 saturated heterocycles. The van der Waals surface area contributed by atoms with Crippen LogP contribution >= 0.6 is 0 Å². The molecule has 0 aliphatic heterocycles. The van der Waals surface area contributed by atoms with Gasteiger partial charge in [0, 0.05) is 22.9 Å². The Labute approximate surface area is 105 Å². The van der Waals surface area contributed by atoms with Crippen molar-refractivity contribution in [3.63, 3.8) is 0 Å². The number of nitrogens with two attached hydrogens (primary N) is 1. The van der Waals surface area contributed by atoms with Gasteiger partial charge >= 0.3 is 0 Å². The van der Waals surface area contributed by atoms with Gasteiger partial charge in [-0.05, 0) is 12.1 Å². The van der Waals surface area contributed by atoms with E-state index in [1.807, 2.05) is 12.1 Å². The van der Waals surface area contributed by atoms with Gasteiger partial charge in [0.1, 0.15) is 17.6 Å². The highest BCUT2D eigenvalue weighted by molar-refractivity contribution is 5.55. The first-order chi connectivity index (χ1) is 8.63. The average molecular weight is 245 g/mol. The number of aromatic hydroxyl groups is 1. The van der Waals surface area contributed by atoms with Gasteiger partial charge in [-0.1, -0.05) is 24.3 Å². The second-order valence-corrected chi connectivity index (χ2v) is 3.96. The quantitative estimate of drug-likeness (QED) is 0.723. The van der Waals surface area contributed by atoms with Crippen molar-refractivity contribution in [3.8, 4) is 11.5 Å². The fourth-order valence-corrected chi connectivity index (χ4v) is 1.87. The summed E-state index contributed by atoms with van der Waals surface area (Å²) >= 11 is 0. The number of aliphatic hydroxyl groups excluding tert-OH is 1. The third-order valence-electron chi connectivity index (χ3n) is 2.80. The minimum absolute atomic E-state index is 0.0727. The van der Waals surface area contributed by atoms with Crippen molar-refractivity contribution >= 4 is 5.69 Å². The lowest BCUT2D eigenvalue weighted by atomic mass is 9.99. The summed E-state index contributed by atoms with van der Waals surface area (Å²) in [5.41, 5.74) is 7.31. The minimum atomic E-state index is -0.887. The molecule has 4 nitrogen and oxygen atoms in total. The van der Waals surface area contributed by atoms with E-state index in [0.29, 0.717) is 22.6 Å². The van der Waals surface area contributed by atoms with Crippen molar-refractivity contribution in [1.82, 2.24) is 0 Å². The fraction of sp³-hybridized carbons (Fsp3) is 0.143. The fourth-order valence-electron chi connectivity index (χ4n) is 1.87. The zero-order valence-corrected chi connectivity index (χ0v) is 10.00. The smallest absolute Gasteiger partial charge is 0.125 e. The monoisotopic (exact) mass is 245 g/mol. The van der Waals surface area contributed by atoms with Gasteiger partial charge in [0.15, 0.2) is 0 Å². The van der Waals surface area contributed by atoms with Gasteiger partial charge < -0.3 is 20.7 Å². The Hall–Kier alpha value is -2.20. The number of methoxy groups -OCH3 is 1. The maximum absolute atomic E-state index is 10.3. The predicted molar refractivity (Wildman–Crippen MR) is 69.6 cm³/mol. The molecule has 2 aromatic rings. The van der Waals surface area contributed by atoms with Gasteiger partial charge in [-0.3, -0.25) is 0 Å². The van der Waals surface area contributed by atoms with Gasteiger partial charge in [0.05, 0.1) is 7.11 Å². The first-order valence-corrected chi connectivity index (χ1v) is 5.53. The van der Waals surface area contributed by atoms with Crippen LogP contribution in [0.3, 0.4) is 0 Å². The van der Waals surface area contributed by atoms with Crippen molar-refractivity contribution in [2.45, 2.75) is 6.10 Å². The van der Waals surface area contributed by atoms with Crippen LogP contribution in [-0.4, -0.2) is 17.3 Å². The van der Waals surface area contributed by atoms with Crippen molar-refractivity contribution in [2.24, 2.45) is 0 Å². The summed E-state index contributed by atoms with van der Waals surface area (Å²) in [6.45, 7) is 0. The first-order valence-electron chi connectivity index (χ1n) is 5.53. The maximum Gasteiger partial charge on any atom is 0.125 e. The molecule has 0 radical (unpaired) electrons. The number of hydrogen-bond acceptors (Lipinski definition) is 4. The van der Waals surface area contributed by atoms with E-state index >= 15 is 0 Å². The van der Waals surface area contributed by atoms with Crippen LogP contribution in [0.2, 0.25) is 0 Å². The van der Waals surface area contributed by atoms with Gasteiger partial charge in [-0.2, -0.15) is 0 Å². The summed E-state index contributed by atoms with van der Waals surface area (Å²) in [6, 6.07) is 11.7. The molecule has 0 amide bonds. The molecule has 2 aromatic carbocycles. The van der Waals surface area contributed by atoms with Crippen molar-refractivity contribution in [1.29, 1.82) is 0 Å². The average Bonchev–Trinajstić information content (AvgIpc) is 2.38. The second-order valence-electron chi connectivity index (χ2n) is 3.96. The summed E-state index contributed by atoms with van der Waals surface area (Å²) in [5.74, 6) is 0.668. The molecule has 4 N–H and O–H groups in total. The third-order valence-corrected chi connectivity index (χ3v) is 2.80. The maximum atomic E-state index is 10.3. The Morgan fingerprint density at radius 3 is 2.50 bits per heavy atom. The topological polar surface area (TPSA) is 75.7 Å². The van der Waals surface area contributed by atoms with E-state index in [0.717, 1.165) is 0 Å². The Balaban J connectivity index is 2.44. The molecule has 0 bridgehead atoms. The van der Waals surface area contributed by atoms with Gasteiger partial charge in [-0.15, -0.1) is 0 Å². The van der Waals surface area contributed by atoms with E-state index in [4.69, 9.17) is 10.5 Å². The third kappa shape index (κ3) is 2.24. The van der Waals surface area contributed by atoms with Crippen LogP contribution < -0.4 is 10.5 Å². The summed E-state index contributed by atoms with van der Waals surface area (Å²) in [5, 5.41) is 19.6. The molecule has 0 saturated carbocycles. The van der Waals surface area contributed by atoms with Crippen LogP contribution in [0.5, 0.6) is 11.5 Å². The van der Waals surface area contributed by atoms with Gasteiger partial charge in [0.2, 0.25) is 0 Å². The molecule has 18 heavy (non-hydrogen) atoms. The van der Waals surface area contributed by atoms with Crippen molar-refractivity contribution < 1.29 is 14.9 Å². The normalized spacial score (nSPS) is 12.1. The number of benzene rings is 2. The number of anilines is 1. The highest BCUT2D eigenvalue weighted by Crippen LogP contribution is 2.33. The zero-order valence-electron chi connectivity index (χ0n) is 10.00. The summed E-state index contributed by atoms with van der Waals surface area (Å²) in [6.07, 6.45) is -0.887. The van der Waals surface area contributed by atoms with Gasteiger partial charge in [-0.25, -0.2) is 0 Å². The summed E-state index contributed by atoms with van der Waals surface area (Å²) in [7, 11) is 1.55. The standard InChI is InChI=1S/C14H15NO3/c1-18-13-5-3-2-4-11(13)14(17)10-7-6-9(16)8-12(10)15/h2-8,14,16-17H,15H2,1H3. The molecule has 0 aromatic heterocycles. The van der Waals surface area contributed by atoms with Crippen LogP contribution in [0.15, 0.2) is 42.5 Å². The number of ether oxygens (including phenoxy) is 1. The largest absolute Gasteiger partial charge is 0.508 e. The van der Waals surface area contributed by atoms with Crippen LogP contribution in [0.25, 0.3) is 0 Å². The lowest BCUT2D eigenvalue weighted by Gasteiger charge is -2.16. The van der Waals surface area contributed by atoms with Gasteiger partial charge in [0.25, 0.3) is 0 Å². The molecular formula is C14H15NO3. The molecule has 0 heterocycles. The predicted octanol–water partition coefficient (Wildman–Crippen LogP) is 2.06. The second kappa shape index (κ2) is 4.98. The molecule has 0 fully saturated rings. The van der Waals surface area contributed by atoms with Crippen molar-refractivity contribution in [2.75, 3.05) is 12.8 Å². The number of hydrogen-bond donors (Lipinski definition) is 3. The van der Waals surface area contributed by atoms with Crippen LogP contribution in [-0.2, 0) is 0 Å². The lowest BCUT2D eigenvalue weighted by molar-refractivity contribution is 0.215. The van der Waals surface area contributed by atoms with Crippen LogP contribution in [0, 0.1) is 0 Å². The lowest BCUT2D eigenvalue weighted by Crippen LogP contribution is -2.05. The number of phenolic OH excluding ortho intramolecular Hbond substituents is 1. The molecule has 94 valence electrons. The SMILES string of the molecule is COc1ccccc1C(O)c1ccc(O)cc1N. The van der Waals surface area contributed by atoms with E-state index in [1.165, 1.54) is 12.1 Å². The number of para-hydroxylation sites is 1. The number of rotatable bonds is 3. The van der Waals surface area contributed by atoms with E-state index in [2.05, 4.69) is 0 Å². The molecule has 1 atom stereocenters. The van der Waals surface area contributed by atoms with E-state index in [-0.39, 0.29) is 5.75 Å². The molecule has 0 spiro atoms. The number of nitrogen functional groups attached to an aromatic ring is 1. The molecule has 0 aliphatic carbocycles. The summed E-state index contributed by atoms with van der Waals surface area (Å²) < 4.78 is 5.20. The van der Waals surface area contributed by atoms with E-state index in [1.54, 1.807) is 25.3 Å². The first kappa shape index (κ1) is 12.3. The van der Waals surface area contributed by atoms with Crippen LogP contribution in [0.1, 0.15) is 17.2 Å². The van der Waals surface area contributed by atoms with Crippen molar-refractivity contribution in [3.05, 3.63) is 53.6 Å². The molecule has 2 rings (SSSR count). The molecule has 0 aliphatic rings. The Bertz CT molecular complexity index is 554. The number of aliphatic hydroxyl groups is 1. The molecule has 1 unspecified atom stereocenters. The Morgan fingerprint density at radius 2 is 1.83 bits per heavy atom. The van der Waals surface area contributed by atoms with E-state index in [9.17, 15) is 10.2 Å². The van der Waals surface area contributed by atoms with Crippen LogP contribution in [0.4, 0.5) is 5.69 Å². The van der Waals surface area contributed by atoms with E-state index < -0.39 is 6.10 Å². The Kier molecular flexibility index (Phi) is 3.39. The highest BCUT2D eigenvalue weighted by Gasteiger charge is 2.17. The number of phenols is 1. The highest BCUT2D eigenvalue weighted by atomic mass is 16.5. The summed E-state index contributed by atoms with van der Waals surface area (Å²) in [4.78, 5) is 0. The Morgan fingerprint density at radius 1 is 1.11 bits per heavy atom. The molecular weight excluding hydrogens is 230 g/mol. The minimum Gasteiger partial charge on any atom is -0.508 e.